The van der Waals surface area contributed by atoms with Crippen molar-refractivity contribution in [2.24, 2.45) is 10.1 Å². The number of halogens is 1. The lowest BCUT2D eigenvalue weighted by atomic mass is 10.0. The average Bonchev–Trinajstić information content (AvgIpc) is 2.62. The molecule has 0 saturated carbocycles. The summed E-state index contributed by atoms with van der Waals surface area (Å²) in [6.07, 6.45) is 0. The molecule has 2 aromatic rings. The van der Waals surface area contributed by atoms with E-state index in [1.807, 2.05) is 0 Å². The first-order chi connectivity index (χ1) is 12.3. The van der Waals surface area contributed by atoms with Crippen molar-refractivity contribution in [3.8, 4) is 0 Å². The van der Waals surface area contributed by atoms with Crippen molar-refractivity contribution >= 4 is 40.0 Å². The Kier molecular flexibility index (Phi) is 9.20. The molecule has 27 heavy (non-hydrogen) atoms. The molecule has 6 nitrogen and oxygen atoms in total. The van der Waals surface area contributed by atoms with Crippen LogP contribution in [0.1, 0.15) is 29.5 Å². The van der Waals surface area contributed by atoms with Crippen LogP contribution in [0.25, 0.3) is 0 Å². The fourth-order valence-corrected chi connectivity index (χ4v) is 2.98. The summed E-state index contributed by atoms with van der Waals surface area (Å²) in [5, 5.41) is 11.6. The second-order valence-electron chi connectivity index (χ2n) is 6.31. The zero-order chi connectivity index (χ0) is 19.2. The molecule has 8 heteroatoms. The number of nitrogens with zero attached hydrogens (tertiary/aromatic N) is 1. The number of hydrogen-bond acceptors (Lipinski definition) is 3. The third-order valence-corrected chi connectivity index (χ3v) is 5.09. The maximum absolute atomic E-state index is 11.3. The van der Waals surface area contributed by atoms with Gasteiger partial charge < -0.3 is 10.6 Å². The Hall–Kier alpha value is -1.65. The predicted molar refractivity (Wildman–Crippen MR) is 121 cm³/mol. The zero-order valence-electron chi connectivity index (χ0n) is 15.8. The van der Waals surface area contributed by atoms with Gasteiger partial charge in [-0.25, -0.2) is 13.6 Å². The highest BCUT2D eigenvalue weighted by Crippen LogP contribution is 2.14. The largest absolute Gasteiger partial charge is 0.356 e. The van der Waals surface area contributed by atoms with Gasteiger partial charge in [-0.2, -0.15) is 0 Å². The Morgan fingerprint density at radius 1 is 1.07 bits per heavy atom. The van der Waals surface area contributed by atoms with Gasteiger partial charge in [-0.3, -0.25) is 4.99 Å². The molecule has 0 aromatic heterocycles. The monoisotopic (exact) mass is 502 g/mol. The lowest BCUT2D eigenvalue weighted by Crippen LogP contribution is -2.38. The van der Waals surface area contributed by atoms with Crippen molar-refractivity contribution < 1.29 is 8.42 Å². The molecule has 148 valence electrons. The average molecular weight is 502 g/mol. The van der Waals surface area contributed by atoms with Crippen LogP contribution in [0.4, 0.5) is 0 Å². The van der Waals surface area contributed by atoms with Crippen LogP contribution in [0, 0.1) is 6.92 Å². The molecule has 4 N–H and O–H groups in total. The number of hydrogen-bond donors (Lipinski definition) is 3. The van der Waals surface area contributed by atoms with Crippen molar-refractivity contribution in [3.05, 3.63) is 65.2 Å². The first-order valence-corrected chi connectivity index (χ1v) is 9.97. The van der Waals surface area contributed by atoms with E-state index >= 15 is 0 Å². The van der Waals surface area contributed by atoms with E-state index in [0.717, 1.165) is 12.1 Å². The van der Waals surface area contributed by atoms with Crippen LogP contribution in [-0.2, 0) is 16.6 Å². The summed E-state index contributed by atoms with van der Waals surface area (Å²) < 4.78 is 22.5. The second kappa shape index (κ2) is 10.6. The number of benzene rings is 2. The van der Waals surface area contributed by atoms with Gasteiger partial charge in [-0.05, 0) is 36.1 Å². The molecule has 0 bridgehead atoms. The quantitative estimate of drug-likeness (QED) is 0.322. The summed E-state index contributed by atoms with van der Waals surface area (Å²) in [4.78, 5) is 4.33. The van der Waals surface area contributed by atoms with Gasteiger partial charge in [0.05, 0.1) is 4.90 Å². The number of aryl methyl sites for hydroxylation is 1. The van der Waals surface area contributed by atoms with Crippen molar-refractivity contribution in [1.82, 2.24) is 10.6 Å². The molecular formula is C19H27IN4O2S. The Labute approximate surface area is 178 Å². The van der Waals surface area contributed by atoms with Gasteiger partial charge >= 0.3 is 0 Å². The van der Waals surface area contributed by atoms with Gasteiger partial charge in [-0.1, -0.05) is 48.9 Å². The standard InChI is InChI=1S/C19H26N4O2S.HI/c1-14-4-8-17(9-5-14)15(2)12-22-19(21-3)23-13-16-6-10-18(11-7-16)26(20,24)25;/h4-11,15H,12-13H2,1-3H3,(H2,20,24,25)(H2,21,22,23);1H. The van der Waals surface area contributed by atoms with Gasteiger partial charge in [0, 0.05) is 20.1 Å². The Morgan fingerprint density at radius 2 is 1.67 bits per heavy atom. The lowest BCUT2D eigenvalue weighted by Gasteiger charge is -2.16. The number of aliphatic imine (C=N–C) groups is 1. The van der Waals surface area contributed by atoms with Crippen LogP contribution in [-0.4, -0.2) is 28.0 Å². The molecule has 0 spiro atoms. The van der Waals surface area contributed by atoms with E-state index in [1.54, 1.807) is 19.2 Å². The molecule has 0 heterocycles. The van der Waals surface area contributed by atoms with E-state index in [9.17, 15) is 8.42 Å². The molecule has 0 fully saturated rings. The maximum Gasteiger partial charge on any atom is 0.238 e. The molecular weight excluding hydrogens is 475 g/mol. The van der Waals surface area contributed by atoms with E-state index in [2.05, 4.69) is 53.7 Å². The summed E-state index contributed by atoms with van der Waals surface area (Å²) in [6, 6.07) is 15.0. The Balaban J connectivity index is 0.00000364. The third kappa shape index (κ3) is 7.47. The van der Waals surface area contributed by atoms with E-state index in [4.69, 9.17) is 5.14 Å². The van der Waals surface area contributed by atoms with E-state index in [0.29, 0.717) is 18.4 Å². The van der Waals surface area contributed by atoms with Crippen molar-refractivity contribution in [1.29, 1.82) is 0 Å². The molecule has 0 saturated heterocycles. The summed E-state index contributed by atoms with van der Waals surface area (Å²) in [6.45, 7) is 5.53. The molecule has 0 aliphatic carbocycles. The number of nitrogens with one attached hydrogen (secondary N) is 2. The minimum atomic E-state index is -3.66. The Morgan fingerprint density at radius 3 is 2.19 bits per heavy atom. The summed E-state index contributed by atoms with van der Waals surface area (Å²) in [7, 11) is -1.94. The SMILES string of the molecule is CN=C(NCc1ccc(S(N)(=O)=O)cc1)NCC(C)c1ccc(C)cc1.I. The zero-order valence-corrected chi connectivity index (χ0v) is 18.9. The van der Waals surface area contributed by atoms with Gasteiger partial charge in [0.15, 0.2) is 5.96 Å². The highest BCUT2D eigenvalue weighted by Gasteiger charge is 2.08. The summed E-state index contributed by atoms with van der Waals surface area (Å²) in [5.74, 6) is 1.04. The van der Waals surface area contributed by atoms with E-state index in [-0.39, 0.29) is 28.9 Å². The smallest absolute Gasteiger partial charge is 0.238 e. The van der Waals surface area contributed by atoms with Crippen LogP contribution in [0.2, 0.25) is 0 Å². The normalized spacial score (nSPS) is 12.8. The number of rotatable bonds is 6. The first kappa shape index (κ1) is 23.4. The third-order valence-electron chi connectivity index (χ3n) is 4.16. The molecule has 0 aliphatic heterocycles. The molecule has 2 aromatic carbocycles. The van der Waals surface area contributed by atoms with Crippen LogP contribution >= 0.6 is 24.0 Å². The van der Waals surface area contributed by atoms with Crippen molar-refractivity contribution in [2.45, 2.75) is 31.2 Å². The second-order valence-corrected chi connectivity index (χ2v) is 7.87. The van der Waals surface area contributed by atoms with Gasteiger partial charge in [-0.15, -0.1) is 24.0 Å². The minimum Gasteiger partial charge on any atom is -0.356 e. The molecule has 0 aliphatic rings. The fraction of sp³-hybridized carbons (Fsp3) is 0.316. The fourth-order valence-electron chi connectivity index (χ4n) is 2.47. The predicted octanol–water partition coefficient (Wildman–Crippen LogP) is 2.73. The first-order valence-electron chi connectivity index (χ1n) is 8.42. The molecule has 2 rings (SSSR count). The van der Waals surface area contributed by atoms with Gasteiger partial charge in [0.2, 0.25) is 10.0 Å². The number of primary sulfonamides is 1. The van der Waals surface area contributed by atoms with Gasteiger partial charge in [0.25, 0.3) is 0 Å². The molecule has 0 amide bonds. The van der Waals surface area contributed by atoms with Crippen LogP contribution in [0.3, 0.4) is 0 Å². The number of sulfonamides is 1. The van der Waals surface area contributed by atoms with Crippen LogP contribution in [0.15, 0.2) is 58.4 Å². The minimum absolute atomic E-state index is 0. The van der Waals surface area contributed by atoms with Crippen LogP contribution < -0.4 is 15.8 Å². The summed E-state index contributed by atoms with van der Waals surface area (Å²) in [5.41, 5.74) is 3.46. The lowest BCUT2D eigenvalue weighted by molar-refractivity contribution is 0.597. The van der Waals surface area contributed by atoms with Crippen molar-refractivity contribution in [3.63, 3.8) is 0 Å². The maximum atomic E-state index is 11.3. The summed E-state index contributed by atoms with van der Waals surface area (Å²) >= 11 is 0. The topological polar surface area (TPSA) is 96.6 Å². The number of guanidine groups is 1. The van der Waals surface area contributed by atoms with Crippen molar-refractivity contribution in [2.75, 3.05) is 13.6 Å². The molecule has 1 atom stereocenters. The number of nitrogens with two attached hydrogens (primary N) is 1. The Bertz CT molecular complexity index is 850. The van der Waals surface area contributed by atoms with Gasteiger partial charge in [0.1, 0.15) is 0 Å². The highest BCUT2D eigenvalue weighted by atomic mass is 127. The molecule has 0 radical (unpaired) electrons. The highest BCUT2D eigenvalue weighted by molar-refractivity contribution is 14.0. The molecule has 1 unspecified atom stereocenters. The van der Waals surface area contributed by atoms with E-state index < -0.39 is 10.0 Å². The van der Waals surface area contributed by atoms with Crippen LogP contribution in [0.5, 0.6) is 0 Å². The van der Waals surface area contributed by atoms with E-state index in [1.165, 1.54) is 23.3 Å².